The molecule has 2 N–H and O–H groups in total. The highest BCUT2D eigenvalue weighted by Gasteiger charge is 2.09. The normalized spacial score (nSPS) is 14.8. The second-order valence-corrected chi connectivity index (χ2v) is 6.84. The van der Waals surface area contributed by atoms with Crippen LogP contribution in [-0.4, -0.2) is 50.3 Å². The molecule has 0 spiro atoms. The van der Waals surface area contributed by atoms with Crippen LogP contribution in [0.2, 0.25) is 0 Å². The third-order valence-corrected chi connectivity index (χ3v) is 4.81. The SMILES string of the molecule is NC(=O)CCCc1ccc(-c2ccc(OCCN3CCOCC3)cc2)cc1. The molecule has 0 aliphatic carbocycles. The van der Waals surface area contributed by atoms with Gasteiger partial charge in [-0.15, -0.1) is 0 Å². The molecule has 0 bridgehead atoms. The van der Waals surface area contributed by atoms with Crippen LogP contribution in [0.4, 0.5) is 0 Å². The summed E-state index contributed by atoms with van der Waals surface area (Å²) < 4.78 is 11.2. The molecular weight excluding hydrogens is 340 g/mol. The lowest BCUT2D eigenvalue weighted by molar-refractivity contribution is -0.118. The lowest BCUT2D eigenvalue weighted by Gasteiger charge is -2.26. The van der Waals surface area contributed by atoms with E-state index in [-0.39, 0.29) is 5.91 Å². The zero-order valence-electron chi connectivity index (χ0n) is 15.7. The number of morpholine rings is 1. The van der Waals surface area contributed by atoms with E-state index in [9.17, 15) is 4.79 Å². The van der Waals surface area contributed by atoms with Crippen molar-refractivity contribution in [1.82, 2.24) is 4.90 Å². The van der Waals surface area contributed by atoms with E-state index in [2.05, 4.69) is 41.3 Å². The predicted molar refractivity (Wildman–Crippen MR) is 107 cm³/mol. The molecule has 3 rings (SSSR count). The molecule has 1 amide bonds. The van der Waals surface area contributed by atoms with Crippen molar-refractivity contribution >= 4 is 5.91 Å². The van der Waals surface area contributed by atoms with Gasteiger partial charge in [0.25, 0.3) is 0 Å². The van der Waals surface area contributed by atoms with E-state index in [1.165, 1.54) is 16.7 Å². The van der Waals surface area contributed by atoms with E-state index in [4.69, 9.17) is 15.2 Å². The van der Waals surface area contributed by atoms with Crippen molar-refractivity contribution in [3.8, 4) is 16.9 Å². The summed E-state index contributed by atoms with van der Waals surface area (Å²) in [6.07, 6.45) is 2.11. The number of amides is 1. The van der Waals surface area contributed by atoms with Gasteiger partial charge in [-0.1, -0.05) is 36.4 Å². The average molecular weight is 368 g/mol. The van der Waals surface area contributed by atoms with Gasteiger partial charge in [-0.2, -0.15) is 0 Å². The van der Waals surface area contributed by atoms with Crippen LogP contribution in [0, 0.1) is 0 Å². The molecule has 0 radical (unpaired) electrons. The second kappa shape index (κ2) is 10.1. The molecule has 1 aliphatic rings. The Bertz CT molecular complexity index is 707. The van der Waals surface area contributed by atoms with E-state index in [1.807, 2.05) is 12.1 Å². The summed E-state index contributed by atoms with van der Waals surface area (Å²) in [6, 6.07) is 16.7. The number of carbonyl (C=O) groups excluding carboxylic acids is 1. The number of primary amides is 1. The number of hydrogen-bond acceptors (Lipinski definition) is 4. The highest BCUT2D eigenvalue weighted by Crippen LogP contribution is 2.23. The fraction of sp³-hybridized carbons (Fsp3) is 0.409. The van der Waals surface area contributed by atoms with Crippen LogP contribution in [0.3, 0.4) is 0 Å². The minimum atomic E-state index is -0.237. The van der Waals surface area contributed by atoms with Gasteiger partial charge in [-0.3, -0.25) is 9.69 Å². The quantitative estimate of drug-likeness (QED) is 0.739. The Balaban J connectivity index is 1.47. The van der Waals surface area contributed by atoms with E-state index in [1.54, 1.807) is 0 Å². The van der Waals surface area contributed by atoms with E-state index in [0.29, 0.717) is 13.0 Å². The number of rotatable bonds is 9. The van der Waals surface area contributed by atoms with Gasteiger partial charge in [0.05, 0.1) is 13.2 Å². The van der Waals surface area contributed by atoms with Crippen molar-refractivity contribution in [3.05, 3.63) is 54.1 Å². The smallest absolute Gasteiger partial charge is 0.217 e. The number of nitrogens with two attached hydrogens (primary N) is 1. The zero-order chi connectivity index (χ0) is 18.9. The number of carbonyl (C=O) groups is 1. The Kier molecular flexibility index (Phi) is 7.25. The van der Waals surface area contributed by atoms with Crippen molar-refractivity contribution in [1.29, 1.82) is 0 Å². The number of hydrogen-bond donors (Lipinski definition) is 1. The second-order valence-electron chi connectivity index (χ2n) is 6.84. The lowest BCUT2D eigenvalue weighted by Crippen LogP contribution is -2.38. The van der Waals surface area contributed by atoms with Gasteiger partial charge in [0.2, 0.25) is 5.91 Å². The third kappa shape index (κ3) is 6.38. The molecule has 1 aliphatic heterocycles. The maximum absolute atomic E-state index is 10.8. The monoisotopic (exact) mass is 368 g/mol. The first kappa shape index (κ1) is 19.4. The van der Waals surface area contributed by atoms with Crippen LogP contribution in [0.25, 0.3) is 11.1 Å². The maximum atomic E-state index is 10.8. The van der Waals surface area contributed by atoms with Gasteiger partial charge in [0, 0.05) is 26.1 Å². The molecule has 5 nitrogen and oxygen atoms in total. The molecule has 1 fully saturated rings. The summed E-state index contributed by atoms with van der Waals surface area (Å²) in [5.74, 6) is 0.661. The van der Waals surface area contributed by atoms with Crippen molar-refractivity contribution in [2.45, 2.75) is 19.3 Å². The molecule has 0 atom stereocenters. The van der Waals surface area contributed by atoms with Gasteiger partial charge < -0.3 is 15.2 Å². The van der Waals surface area contributed by atoms with Crippen LogP contribution >= 0.6 is 0 Å². The van der Waals surface area contributed by atoms with Crippen molar-refractivity contribution in [2.24, 2.45) is 5.73 Å². The summed E-state index contributed by atoms with van der Waals surface area (Å²) in [4.78, 5) is 13.2. The molecule has 0 aromatic heterocycles. The molecule has 27 heavy (non-hydrogen) atoms. The van der Waals surface area contributed by atoms with Crippen LogP contribution in [0.15, 0.2) is 48.5 Å². The van der Waals surface area contributed by atoms with Gasteiger partial charge in [0.1, 0.15) is 12.4 Å². The van der Waals surface area contributed by atoms with Crippen LogP contribution in [0.5, 0.6) is 5.75 Å². The molecule has 1 saturated heterocycles. The Morgan fingerprint density at radius 1 is 1.00 bits per heavy atom. The first-order valence-corrected chi connectivity index (χ1v) is 9.61. The van der Waals surface area contributed by atoms with Crippen LogP contribution in [-0.2, 0) is 16.0 Å². The summed E-state index contributed by atoms with van der Waals surface area (Å²) in [6.45, 7) is 5.24. The number of nitrogens with zero attached hydrogens (tertiary/aromatic N) is 1. The molecule has 0 saturated carbocycles. The first-order chi connectivity index (χ1) is 13.2. The zero-order valence-corrected chi connectivity index (χ0v) is 15.7. The fourth-order valence-electron chi connectivity index (χ4n) is 3.19. The highest BCUT2D eigenvalue weighted by molar-refractivity contribution is 5.73. The summed E-state index contributed by atoms with van der Waals surface area (Å²) in [5, 5.41) is 0. The Hall–Kier alpha value is -2.37. The molecule has 5 heteroatoms. The Morgan fingerprint density at radius 3 is 2.26 bits per heavy atom. The predicted octanol–water partition coefficient (Wildman–Crippen LogP) is 2.87. The standard InChI is InChI=1S/C22H28N2O3/c23-22(25)3-1-2-18-4-6-19(7-5-18)20-8-10-21(11-9-20)27-17-14-24-12-15-26-16-13-24/h4-11H,1-3,12-17H2,(H2,23,25). The Morgan fingerprint density at radius 2 is 1.63 bits per heavy atom. The molecule has 0 unspecified atom stereocenters. The minimum absolute atomic E-state index is 0.237. The number of aryl methyl sites for hydroxylation is 1. The first-order valence-electron chi connectivity index (χ1n) is 9.61. The lowest BCUT2D eigenvalue weighted by atomic mass is 10.0. The van der Waals surface area contributed by atoms with Gasteiger partial charge in [-0.05, 0) is 41.7 Å². The minimum Gasteiger partial charge on any atom is -0.492 e. The van der Waals surface area contributed by atoms with Gasteiger partial charge >= 0.3 is 0 Å². The molecular formula is C22H28N2O3. The van der Waals surface area contributed by atoms with Crippen LogP contribution < -0.4 is 10.5 Å². The average Bonchev–Trinajstić information content (AvgIpc) is 2.70. The van der Waals surface area contributed by atoms with Crippen molar-refractivity contribution in [2.75, 3.05) is 39.5 Å². The molecule has 1 heterocycles. The summed E-state index contributed by atoms with van der Waals surface area (Å²) in [7, 11) is 0. The van der Waals surface area contributed by atoms with E-state index >= 15 is 0 Å². The summed E-state index contributed by atoms with van der Waals surface area (Å²) in [5.41, 5.74) is 8.75. The maximum Gasteiger partial charge on any atom is 0.217 e. The van der Waals surface area contributed by atoms with Gasteiger partial charge in [0.15, 0.2) is 0 Å². The summed E-state index contributed by atoms with van der Waals surface area (Å²) >= 11 is 0. The van der Waals surface area contributed by atoms with Crippen LogP contribution in [0.1, 0.15) is 18.4 Å². The van der Waals surface area contributed by atoms with Crippen molar-refractivity contribution < 1.29 is 14.3 Å². The molecule has 2 aromatic carbocycles. The van der Waals surface area contributed by atoms with E-state index < -0.39 is 0 Å². The van der Waals surface area contributed by atoms with Crippen molar-refractivity contribution in [3.63, 3.8) is 0 Å². The fourth-order valence-corrected chi connectivity index (χ4v) is 3.19. The number of benzene rings is 2. The molecule has 144 valence electrons. The number of ether oxygens (including phenoxy) is 2. The Labute approximate surface area is 161 Å². The van der Waals surface area contributed by atoms with Gasteiger partial charge in [-0.25, -0.2) is 0 Å². The third-order valence-electron chi connectivity index (χ3n) is 4.81. The van der Waals surface area contributed by atoms with E-state index in [0.717, 1.165) is 51.4 Å². The molecule has 2 aromatic rings. The topological polar surface area (TPSA) is 64.8 Å². The largest absolute Gasteiger partial charge is 0.492 e. The highest BCUT2D eigenvalue weighted by atomic mass is 16.5.